The minimum absolute atomic E-state index is 0.169. The summed E-state index contributed by atoms with van der Waals surface area (Å²) in [6.45, 7) is 5.83. The zero-order valence-electron chi connectivity index (χ0n) is 16.1. The van der Waals surface area contributed by atoms with Crippen LogP contribution in [0.5, 0.6) is 0 Å². The summed E-state index contributed by atoms with van der Waals surface area (Å²) < 4.78 is 31.3. The molecule has 0 saturated carbocycles. The average molecular weight is 394 g/mol. The van der Waals surface area contributed by atoms with Crippen molar-refractivity contribution in [2.24, 2.45) is 5.92 Å². The molecule has 0 spiro atoms. The largest absolute Gasteiger partial charge is 0.477 e. The molecule has 1 saturated heterocycles. The highest BCUT2D eigenvalue weighted by atomic mass is 19.1. The lowest BCUT2D eigenvalue weighted by atomic mass is 10.1. The Hall–Kier alpha value is -2.68. The molecule has 0 amide bonds. The Bertz CT molecular complexity index is 974. The van der Waals surface area contributed by atoms with Gasteiger partial charge in [-0.15, -0.1) is 0 Å². The Morgan fingerprint density at radius 2 is 2.11 bits per heavy atom. The zero-order chi connectivity index (χ0) is 20.6. The first-order valence-corrected chi connectivity index (χ1v) is 9.21. The number of anilines is 1. The molecule has 1 aliphatic rings. The molecular formula is C19H24F2N4O3. The molecule has 7 nitrogen and oxygen atoms in total. The minimum Gasteiger partial charge on any atom is -0.477 e. The van der Waals surface area contributed by atoms with E-state index in [4.69, 9.17) is 0 Å². The summed E-state index contributed by atoms with van der Waals surface area (Å²) in [5, 5.41) is 12.2. The van der Waals surface area contributed by atoms with E-state index in [2.05, 4.69) is 10.7 Å². The van der Waals surface area contributed by atoms with Crippen molar-refractivity contribution in [3.05, 3.63) is 39.7 Å². The van der Waals surface area contributed by atoms with Crippen molar-refractivity contribution in [3.8, 4) is 0 Å². The number of aromatic nitrogens is 1. The molecule has 3 rings (SSSR count). The maximum Gasteiger partial charge on any atom is 0.341 e. The Kier molecular flexibility index (Phi) is 5.55. The monoisotopic (exact) mass is 394 g/mol. The zero-order valence-corrected chi connectivity index (χ0v) is 16.1. The van der Waals surface area contributed by atoms with E-state index in [1.54, 1.807) is 4.90 Å². The molecule has 1 atom stereocenters. The molecule has 1 aliphatic heterocycles. The molecule has 1 fully saturated rings. The van der Waals surface area contributed by atoms with E-state index >= 15 is 4.39 Å². The lowest BCUT2D eigenvalue weighted by molar-refractivity contribution is 0.0695. The van der Waals surface area contributed by atoms with Crippen molar-refractivity contribution in [2.75, 3.05) is 37.0 Å². The van der Waals surface area contributed by atoms with Gasteiger partial charge in [0.15, 0.2) is 5.82 Å². The lowest BCUT2D eigenvalue weighted by Crippen LogP contribution is -2.31. The second kappa shape index (κ2) is 7.75. The number of hydrogen-bond acceptors (Lipinski definition) is 5. The fourth-order valence-electron chi connectivity index (χ4n) is 3.63. The SMILES string of the molecule is CNn1cc(C(=O)O)c(=O)c2cc(F)c(N3CCC(CNC(C)C)C3)c(F)c21. The van der Waals surface area contributed by atoms with Gasteiger partial charge in [-0.25, -0.2) is 13.6 Å². The Labute approximate surface area is 160 Å². The number of hydrogen-bond donors (Lipinski definition) is 3. The van der Waals surface area contributed by atoms with E-state index in [1.807, 2.05) is 13.8 Å². The first kappa shape index (κ1) is 20.1. The number of rotatable bonds is 6. The van der Waals surface area contributed by atoms with E-state index in [0.29, 0.717) is 19.1 Å². The van der Waals surface area contributed by atoms with Crippen LogP contribution in [0.2, 0.25) is 0 Å². The topological polar surface area (TPSA) is 86.6 Å². The molecular weight excluding hydrogens is 370 g/mol. The molecule has 0 radical (unpaired) electrons. The molecule has 152 valence electrons. The van der Waals surface area contributed by atoms with E-state index < -0.39 is 28.6 Å². The fraction of sp³-hybridized carbons (Fsp3) is 0.474. The standard InChI is InChI=1S/C19H24F2N4O3/c1-10(2)23-7-11-4-5-24(8-11)17-14(20)6-12-16(15(17)21)25(22-3)9-13(18(12)26)19(27)28/h6,9-11,22-23H,4-5,7-8H2,1-3H3,(H,27,28). The van der Waals surface area contributed by atoms with Gasteiger partial charge < -0.3 is 20.7 Å². The van der Waals surface area contributed by atoms with Crippen LogP contribution in [0.1, 0.15) is 30.6 Å². The molecule has 1 unspecified atom stereocenters. The molecule has 2 aromatic rings. The second-order valence-corrected chi connectivity index (χ2v) is 7.35. The van der Waals surface area contributed by atoms with E-state index in [0.717, 1.165) is 29.9 Å². The third-order valence-electron chi connectivity index (χ3n) is 5.04. The number of halogens is 2. The van der Waals surface area contributed by atoms with Crippen LogP contribution in [0, 0.1) is 17.6 Å². The van der Waals surface area contributed by atoms with Gasteiger partial charge in [0.05, 0.1) is 5.39 Å². The number of fused-ring (bicyclic) bond motifs is 1. The number of nitrogens with one attached hydrogen (secondary N) is 2. The molecule has 2 heterocycles. The summed E-state index contributed by atoms with van der Waals surface area (Å²) in [6, 6.07) is 1.26. The molecule has 3 N–H and O–H groups in total. The normalized spacial score (nSPS) is 16.9. The van der Waals surface area contributed by atoms with E-state index in [9.17, 15) is 19.1 Å². The summed E-state index contributed by atoms with van der Waals surface area (Å²) >= 11 is 0. The van der Waals surface area contributed by atoms with Gasteiger partial charge >= 0.3 is 5.97 Å². The Morgan fingerprint density at radius 3 is 2.71 bits per heavy atom. The average Bonchev–Trinajstić information content (AvgIpc) is 3.09. The first-order chi connectivity index (χ1) is 13.2. The summed E-state index contributed by atoms with van der Waals surface area (Å²) in [5.74, 6) is -2.95. The molecule has 1 aromatic heterocycles. The highest BCUT2D eigenvalue weighted by Gasteiger charge is 2.29. The third-order valence-corrected chi connectivity index (χ3v) is 5.04. The summed E-state index contributed by atoms with van der Waals surface area (Å²) in [6.07, 6.45) is 1.81. The molecule has 28 heavy (non-hydrogen) atoms. The summed E-state index contributed by atoms with van der Waals surface area (Å²) in [7, 11) is 1.46. The predicted octanol–water partition coefficient (Wildman–Crippen LogP) is 1.98. The van der Waals surface area contributed by atoms with Crippen LogP contribution in [0.25, 0.3) is 10.9 Å². The number of benzene rings is 1. The van der Waals surface area contributed by atoms with E-state index in [-0.39, 0.29) is 22.5 Å². The van der Waals surface area contributed by atoms with Gasteiger partial charge in [-0.3, -0.25) is 9.47 Å². The van der Waals surface area contributed by atoms with Crippen molar-refractivity contribution >= 4 is 22.6 Å². The number of carboxylic acid groups (broad SMARTS) is 1. The van der Waals surface area contributed by atoms with Gasteiger partial charge in [-0.2, -0.15) is 0 Å². The number of aromatic carboxylic acids is 1. The number of carboxylic acids is 1. The van der Waals surface area contributed by atoms with Crippen LogP contribution in [-0.4, -0.2) is 48.5 Å². The van der Waals surface area contributed by atoms with Gasteiger partial charge in [0.1, 0.15) is 22.6 Å². The van der Waals surface area contributed by atoms with Crippen LogP contribution in [0.3, 0.4) is 0 Å². The van der Waals surface area contributed by atoms with Crippen LogP contribution in [-0.2, 0) is 0 Å². The van der Waals surface area contributed by atoms with Gasteiger partial charge in [-0.05, 0) is 24.9 Å². The highest BCUT2D eigenvalue weighted by Crippen LogP contribution is 2.33. The van der Waals surface area contributed by atoms with Crippen LogP contribution < -0.4 is 21.1 Å². The quantitative estimate of drug-likeness (QED) is 0.695. The van der Waals surface area contributed by atoms with Crippen molar-refractivity contribution in [1.82, 2.24) is 9.99 Å². The predicted molar refractivity (Wildman–Crippen MR) is 104 cm³/mol. The van der Waals surface area contributed by atoms with Crippen LogP contribution in [0.15, 0.2) is 17.1 Å². The summed E-state index contributed by atoms with van der Waals surface area (Å²) in [4.78, 5) is 25.3. The third kappa shape index (κ3) is 3.54. The fourth-order valence-corrected chi connectivity index (χ4v) is 3.63. The van der Waals surface area contributed by atoms with Crippen molar-refractivity contribution in [3.63, 3.8) is 0 Å². The van der Waals surface area contributed by atoms with Crippen LogP contribution >= 0.6 is 0 Å². The molecule has 0 aliphatic carbocycles. The Morgan fingerprint density at radius 1 is 1.39 bits per heavy atom. The van der Waals surface area contributed by atoms with E-state index in [1.165, 1.54) is 7.05 Å². The smallest absolute Gasteiger partial charge is 0.341 e. The maximum absolute atomic E-state index is 15.3. The van der Waals surface area contributed by atoms with Crippen LogP contribution in [0.4, 0.5) is 14.5 Å². The van der Waals surface area contributed by atoms with Gasteiger partial charge in [-0.1, -0.05) is 13.8 Å². The number of pyridine rings is 1. The van der Waals surface area contributed by atoms with Crippen molar-refractivity contribution in [2.45, 2.75) is 26.3 Å². The van der Waals surface area contributed by atoms with Gasteiger partial charge in [0, 0.05) is 32.4 Å². The van der Waals surface area contributed by atoms with Crippen molar-refractivity contribution in [1.29, 1.82) is 0 Å². The highest BCUT2D eigenvalue weighted by molar-refractivity contribution is 5.94. The number of nitrogens with zero attached hydrogens (tertiary/aromatic N) is 2. The summed E-state index contributed by atoms with van der Waals surface area (Å²) in [5.41, 5.74) is 0.799. The second-order valence-electron chi connectivity index (χ2n) is 7.35. The molecule has 9 heteroatoms. The van der Waals surface area contributed by atoms with Gasteiger partial charge in [0.2, 0.25) is 5.43 Å². The maximum atomic E-state index is 15.3. The van der Waals surface area contributed by atoms with Crippen molar-refractivity contribution < 1.29 is 18.7 Å². The molecule has 0 bridgehead atoms. The Balaban J connectivity index is 2.07. The lowest BCUT2D eigenvalue weighted by Gasteiger charge is -2.22. The first-order valence-electron chi connectivity index (χ1n) is 9.21. The molecule has 1 aromatic carbocycles. The minimum atomic E-state index is -1.46. The number of carbonyl (C=O) groups is 1. The van der Waals surface area contributed by atoms with Gasteiger partial charge in [0.25, 0.3) is 0 Å².